The van der Waals surface area contributed by atoms with Crippen LogP contribution in [0.2, 0.25) is 0 Å². The summed E-state index contributed by atoms with van der Waals surface area (Å²) in [6.07, 6.45) is 0. The molecule has 0 bridgehead atoms. The van der Waals surface area contributed by atoms with Crippen molar-refractivity contribution in [2.45, 2.75) is 0 Å². The highest BCUT2D eigenvalue weighted by Crippen LogP contribution is 2.09. The van der Waals surface area contributed by atoms with Gasteiger partial charge in [0.15, 0.2) is 0 Å². The first-order valence-corrected chi connectivity index (χ1v) is 6.47. The monoisotopic (exact) mass is 285 g/mol. The number of aromatic carboxylic acids is 1. The van der Waals surface area contributed by atoms with E-state index >= 15 is 0 Å². The Bertz CT molecular complexity index is 625. The molecule has 0 radical (unpaired) electrons. The van der Waals surface area contributed by atoms with Gasteiger partial charge in [-0.2, -0.15) is 0 Å². The number of ether oxygens (including phenoxy) is 1. The van der Waals surface area contributed by atoms with Gasteiger partial charge in [-0.1, -0.05) is 30.3 Å². The van der Waals surface area contributed by atoms with E-state index in [0.717, 1.165) is 5.75 Å². The van der Waals surface area contributed by atoms with Gasteiger partial charge in [0.05, 0.1) is 17.7 Å². The zero-order valence-corrected chi connectivity index (χ0v) is 11.3. The molecule has 0 aliphatic carbocycles. The van der Waals surface area contributed by atoms with Crippen LogP contribution in [0.25, 0.3) is 0 Å². The fourth-order valence-corrected chi connectivity index (χ4v) is 1.81. The van der Waals surface area contributed by atoms with E-state index in [1.54, 1.807) is 12.1 Å². The third-order valence-corrected chi connectivity index (χ3v) is 2.80. The lowest BCUT2D eigenvalue weighted by Crippen LogP contribution is -2.29. The lowest BCUT2D eigenvalue weighted by molar-refractivity contribution is 0.0691. The van der Waals surface area contributed by atoms with E-state index in [-0.39, 0.29) is 11.1 Å². The summed E-state index contributed by atoms with van der Waals surface area (Å²) in [5, 5.41) is 11.7. The van der Waals surface area contributed by atoms with Gasteiger partial charge < -0.3 is 15.2 Å². The molecule has 0 saturated carbocycles. The molecule has 108 valence electrons. The van der Waals surface area contributed by atoms with Crippen LogP contribution in [0.3, 0.4) is 0 Å². The van der Waals surface area contributed by atoms with E-state index < -0.39 is 11.9 Å². The Balaban J connectivity index is 1.86. The predicted molar refractivity (Wildman–Crippen MR) is 77.7 cm³/mol. The molecule has 0 aliphatic rings. The van der Waals surface area contributed by atoms with Crippen LogP contribution in [0.4, 0.5) is 0 Å². The van der Waals surface area contributed by atoms with Crippen molar-refractivity contribution in [3.05, 3.63) is 65.7 Å². The second kappa shape index (κ2) is 7.09. The molecule has 1 amide bonds. The average molecular weight is 285 g/mol. The molecule has 2 N–H and O–H groups in total. The van der Waals surface area contributed by atoms with Gasteiger partial charge >= 0.3 is 5.97 Å². The van der Waals surface area contributed by atoms with Crippen LogP contribution in [0.5, 0.6) is 5.75 Å². The van der Waals surface area contributed by atoms with E-state index in [9.17, 15) is 9.59 Å². The maximum absolute atomic E-state index is 12.0. The van der Waals surface area contributed by atoms with E-state index in [1.807, 2.05) is 30.3 Å². The van der Waals surface area contributed by atoms with Crippen molar-refractivity contribution in [2.75, 3.05) is 13.2 Å². The fourth-order valence-electron chi connectivity index (χ4n) is 1.81. The summed E-state index contributed by atoms with van der Waals surface area (Å²) in [7, 11) is 0. The molecule has 0 heterocycles. The van der Waals surface area contributed by atoms with Gasteiger partial charge in [-0.25, -0.2) is 4.79 Å². The zero-order chi connectivity index (χ0) is 15.1. The van der Waals surface area contributed by atoms with Crippen molar-refractivity contribution in [3.63, 3.8) is 0 Å². The van der Waals surface area contributed by atoms with Crippen LogP contribution >= 0.6 is 0 Å². The molecule has 2 aromatic carbocycles. The molecular formula is C16H15NO4. The number of para-hydroxylation sites is 1. The van der Waals surface area contributed by atoms with Crippen molar-refractivity contribution in [3.8, 4) is 5.75 Å². The molecule has 0 aliphatic heterocycles. The lowest BCUT2D eigenvalue weighted by Gasteiger charge is -2.09. The third kappa shape index (κ3) is 4.07. The van der Waals surface area contributed by atoms with E-state index in [2.05, 4.69) is 5.32 Å². The molecule has 0 unspecified atom stereocenters. The lowest BCUT2D eigenvalue weighted by atomic mass is 10.1. The Labute approximate surface area is 122 Å². The summed E-state index contributed by atoms with van der Waals surface area (Å²) in [6, 6.07) is 15.3. The van der Waals surface area contributed by atoms with E-state index in [0.29, 0.717) is 13.2 Å². The summed E-state index contributed by atoms with van der Waals surface area (Å²) >= 11 is 0. The largest absolute Gasteiger partial charge is 0.492 e. The molecule has 0 atom stereocenters. The number of carbonyl (C=O) groups excluding carboxylic acids is 1. The quantitative estimate of drug-likeness (QED) is 0.798. The highest BCUT2D eigenvalue weighted by molar-refractivity contribution is 6.04. The van der Waals surface area contributed by atoms with Gasteiger partial charge in [0, 0.05) is 0 Å². The number of carboxylic acids is 1. The first-order valence-electron chi connectivity index (χ1n) is 6.47. The zero-order valence-electron chi connectivity index (χ0n) is 11.3. The van der Waals surface area contributed by atoms with Crippen LogP contribution in [0, 0.1) is 0 Å². The molecule has 5 nitrogen and oxygen atoms in total. The van der Waals surface area contributed by atoms with Gasteiger partial charge in [-0.05, 0) is 24.3 Å². The van der Waals surface area contributed by atoms with Gasteiger partial charge in [0.1, 0.15) is 12.4 Å². The first kappa shape index (κ1) is 14.6. The highest BCUT2D eigenvalue weighted by atomic mass is 16.5. The molecule has 2 aromatic rings. The highest BCUT2D eigenvalue weighted by Gasteiger charge is 2.14. The minimum Gasteiger partial charge on any atom is -0.492 e. The van der Waals surface area contributed by atoms with Crippen LogP contribution in [0.1, 0.15) is 20.7 Å². The topological polar surface area (TPSA) is 75.6 Å². The number of hydrogen-bond donors (Lipinski definition) is 2. The Hall–Kier alpha value is -2.82. The number of hydrogen-bond acceptors (Lipinski definition) is 3. The molecule has 0 spiro atoms. The second-order valence-electron chi connectivity index (χ2n) is 4.27. The van der Waals surface area contributed by atoms with Crippen LogP contribution in [0.15, 0.2) is 54.6 Å². The third-order valence-electron chi connectivity index (χ3n) is 2.80. The summed E-state index contributed by atoms with van der Waals surface area (Å²) < 4.78 is 5.44. The number of amides is 1. The number of rotatable bonds is 6. The Morgan fingerprint density at radius 2 is 1.57 bits per heavy atom. The number of carbonyl (C=O) groups is 2. The Kier molecular flexibility index (Phi) is 4.93. The van der Waals surface area contributed by atoms with Crippen LogP contribution < -0.4 is 10.1 Å². The number of nitrogens with one attached hydrogen (secondary N) is 1. The molecule has 0 aromatic heterocycles. The van der Waals surface area contributed by atoms with Gasteiger partial charge in [0.2, 0.25) is 0 Å². The van der Waals surface area contributed by atoms with Crippen LogP contribution in [-0.2, 0) is 0 Å². The summed E-state index contributed by atoms with van der Waals surface area (Å²) in [5.74, 6) is -0.830. The maximum Gasteiger partial charge on any atom is 0.336 e. The van der Waals surface area contributed by atoms with Crippen LogP contribution in [-0.4, -0.2) is 30.1 Å². The SMILES string of the molecule is O=C(O)c1ccccc1C(=O)NCCOc1ccccc1. The predicted octanol–water partition coefficient (Wildman–Crippen LogP) is 2.19. The van der Waals surface area contributed by atoms with E-state index in [1.165, 1.54) is 12.1 Å². The summed E-state index contributed by atoms with van der Waals surface area (Å²) in [6.45, 7) is 0.604. The Morgan fingerprint density at radius 1 is 0.952 bits per heavy atom. The summed E-state index contributed by atoms with van der Waals surface area (Å²) in [4.78, 5) is 23.0. The van der Waals surface area contributed by atoms with Gasteiger partial charge in [-0.3, -0.25) is 4.79 Å². The maximum atomic E-state index is 12.0. The first-order chi connectivity index (χ1) is 10.2. The molecule has 0 saturated heterocycles. The summed E-state index contributed by atoms with van der Waals surface area (Å²) in [5.41, 5.74) is 0.128. The molecule has 21 heavy (non-hydrogen) atoms. The minimum atomic E-state index is -1.12. The number of carboxylic acid groups (broad SMARTS) is 1. The van der Waals surface area contributed by atoms with Crippen molar-refractivity contribution >= 4 is 11.9 Å². The number of benzene rings is 2. The average Bonchev–Trinajstić information content (AvgIpc) is 2.52. The molecule has 2 rings (SSSR count). The molecule has 0 fully saturated rings. The van der Waals surface area contributed by atoms with Crippen molar-refractivity contribution in [1.29, 1.82) is 0 Å². The molecule has 5 heteroatoms. The standard InChI is InChI=1S/C16H15NO4/c18-15(13-8-4-5-9-14(13)16(19)20)17-10-11-21-12-6-2-1-3-7-12/h1-9H,10-11H2,(H,17,18)(H,19,20). The van der Waals surface area contributed by atoms with Crippen molar-refractivity contribution in [2.24, 2.45) is 0 Å². The van der Waals surface area contributed by atoms with Crippen molar-refractivity contribution < 1.29 is 19.4 Å². The van der Waals surface area contributed by atoms with Gasteiger partial charge in [0.25, 0.3) is 5.91 Å². The minimum absolute atomic E-state index is 0.0148. The smallest absolute Gasteiger partial charge is 0.336 e. The van der Waals surface area contributed by atoms with Gasteiger partial charge in [-0.15, -0.1) is 0 Å². The van der Waals surface area contributed by atoms with Crippen molar-refractivity contribution in [1.82, 2.24) is 5.32 Å². The van der Waals surface area contributed by atoms with E-state index in [4.69, 9.17) is 9.84 Å². The fraction of sp³-hybridized carbons (Fsp3) is 0.125. The normalized spacial score (nSPS) is 9.90. The molecular weight excluding hydrogens is 270 g/mol. The Morgan fingerprint density at radius 3 is 2.24 bits per heavy atom. The second-order valence-corrected chi connectivity index (χ2v) is 4.27.